The van der Waals surface area contributed by atoms with E-state index in [1.807, 2.05) is 0 Å². The molecule has 108 valence electrons. The van der Waals surface area contributed by atoms with Crippen LogP contribution in [-0.2, 0) is 19.4 Å². The third-order valence-corrected chi connectivity index (χ3v) is 4.31. The average molecular weight is 281 g/mol. The Hall–Kier alpha value is -2.00. The summed E-state index contributed by atoms with van der Waals surface area (Å²) < 4.78 is 11.5. The minimum absolute atomic E-state index is 0.281. The van der Waals surface area contributed by atoms with Crippen LogP contribution in [0.2, 0.25) is 0 Å². The first-order valence-electron chi connectivity index (χ1n) is 7.53. The van der Waals surface area contributed by atoms with Gasteiger partial charge in [0.05, 0.1) is 6.61 Å². The van der Waals surface area contributed by atoms with Gasteiger partial charge in [-0.2, -0.15) is 0 Å². The Morgan fingerprint density at radius 3 is 2.86 bits per heavy atom. The largest absolute Gasteiger partial charge is 0.493 e. The molecule has 0 bridgehead atoms. The summed E-state index contributed by atoms with van der Waals surface area (Å²) in [5.74, 6) is 2.02. The summed E-state index contributed by atoms with van der Waals surface area (Å²) in [7, 11) is 0. The van der Waals surface area contributed by atoms with Crippen LogP contribution in [0.1, 0.15) is 23.6 Å². The van der Waals surface area contributed by atoms with E-state index < -0.39 is 0 Å². The maximum Gasteiger partial charge on any atom is 0.127 e. The topological polar surface area (TPSA) is 44.5 Å². The molecule has 0 aromatic heterocycles. The van der Waals surface area contributed by atoms with E-state index in [4.69, 9.17) is 15.2 Å². The zero-order valence-electron chi connectivity index (χ0n) is 12.2. The molecule has 2 aromatic rings. The van der Waals surface area contributed by atoms with E-state index in [-0.39, 0.29) is 6.10 Å². The zero-order valence-corrected chi connectivity index (χ0v) is 12.2. The number of hydrogen-bond donors (Lipinski definition) is 1. The average Bonchev–Trinajstić information content (AvgIpc) is 3.09. The van der Waals surface area contributed by atoms with Crippen molar-refractivity contribution in [2.24, 2.45) is 5.73 Å². The van der Waals surface area contributed by atoms with Crippen molar-refractivity contribution in [1.29, 1.82) is 0 Å². The van der Waals surface area contributed by atoms with Gasteiger partial charge in [0.25, 0.3) is 0 Å². The van der Waals surface area contributed by atoms with Gasteiger partial charge in [-0.1, -0.05) is 6.07 Å². The molecule has 0 amide bonds. The molecule has 21 heavy (non-hydrogen) atoms. The van der Waals surface area contributed by atoms with Crippen LogP contribution in [-0.4, -0.2) is 12.7 Å². The van der Waals surface area contributed by atoms with E-state index in [0.29, 0.717) is 6.54 Å². The van der Waals surface area contributed by atoms with E-state index in [0.717, 1.165) is 36.5 Å². The molecule has 2 heterocycles. The Morgan fingerprint density at radius 1 is 1.14 bits per heavy atom. The predicted octanol–water partition coefficient (Wildman–Crippen LogP) is 3.07. The highest BCUT2D eigenvalue weighted by Crippen LogP contribution is 2.37. The minimum Gasteiger partial charge on any atom is -0.493 e. The van der Waals surface area contributed by atoms with E-state index in [9.17, 15) is 0 Å². The Labute approximate surface area is 124 Å². The van der Waals surface area contributed by atoms with Crippen LogP contribution in [0.3, 0.4) is 0 Å². The number of ether oxygens (including phenoxy) is 2. The fourth-order valence-corrected chi connectivity index (χ4v) is 3.31. The van der Waals surface area contributed by atoms with Gasteiger partial charge in [0.1, 0.15) is 17.6 Å². The van der Waals surface area contributed by atoms with Crippen LogP contribution < -0.4 is 15.2 Å². The van der Waals surface area contributed by atoms with E-state index in [1.165, 1.54) is 22.3 Å². The summed E-state index contributed by atoms with van der Waals surface area (Å²) in [5, 5.41) is 0. The first-order chi connectivity index (χ1) is 10.2. The van der Waals surface area contributed by atoms with E-state index >= 15 is 0 Å². The summed E-state index contributed by atoms with van der Waals surface area (Å²) in [6.45, 7) is 3.39. The summed E-state index contributed by atoms with van der Waals surface area (Å²) in [4.78, 5) is 0. The molecule has 2 aromatic carbocycles. The number of fused-ring (bicyclic) bond motifs is 2. The van der Waals surface area contributed by atoms with Crippen LogP contribution in [0.15, 0.2) is 30.3 Å². The highest BCUT2D eigenvalue weighted by molar-refractivity contribution is 5.70. The van der Waals surface area contributed by atoms with Crippen molar-refractivity contribution in [3.05, 3.63) is 47.0 Å². The fraction of sp³-hybridized carbons (Fsp3) is 0.333. The SMILES string of the molecule is CC1Cc2cc(-c3cc(CN)c4c(c3)CCO4)ccc2O1. The van der Waals surface area contributed by atoms with Gasteiger partial charge >= 0.3 is 0 Å². The number of benzene rings is 2. The lowest BCUT2D eigenvalue weighted by atomic mass is 9.96. The monoisotopic (exact) mass is 281 g/mol. The molecule has 0 spiro atoms. The summed E-state index contributed by atoms with van der Waals surface area (Å²) in [6.07, 6.45) is 2.24. The van der Waals surface area contributed by atoms with Crippen molar-refractivity contribution < 1.29 is 9.47 Å². The maximum absolute atomic E-state index is 5.88. The molecule has 2 aliphatic heterocycles. The normalized spacial score (nSPS) is 18.9. The molecule has 0 saturated carbocycles. The molecule has 4 rings (SSSR count). The summed E-state index contributed by atoms with van der Waals surface area (Å²) in [6, 6.07) is 10.9. The van der Waals surface area contributed by atoms with Gasteiger partial charge in [0.2, 0.25) is 0 Å². The quantitative estimate of drug-likeness (QED) is 0.920. The number of hydrogen-bond acceptors (Lipinski definition) is 3. The predicted molar refractivity (Wildman–Crippen MR) is 82.8 cm³/mol. The summed E-state index contributed by atoms with van der Waals surface area (Å²) in [5.41, 5.74) is 12.0. The lowest BCUT2D eigenvalue weighted by Gasteiger charge is -2.11. The van der Waals surface area contributed by atoms with Gasteiger partial charge in [-0.25, -0.2) is 0 Å². The fourth-order valence-electron chi connectivity index (χ4n) is 3.31. The molecule has 1 atom stereocenters. The first-order valence-corrected chi connectivity index (χ1v) is 7.53. The van der Waals surface area contributed by atoms with Crippen LogP contribution >= 0.6 is 0 Å². The third kappa shape index (κ3) is 2.09. The zero-order chi connectivity index (χ0) is 14.4. The Morgan fingerprint density at radius 2 is 2.00 bits per heavy atom. The molecule has 0 radical (unpaired) electrons. The number of nitrogens with two attached hydrogens (primary N) is 1. The Bertz CT molecular complexity index is 709. The van der Waals surface area contributed by atoms with Gasteiger partial charge in [-0.15, -0.1) is 0 Å². The van der Waals surface area contributed by atoms with Crippen LogP contribution in [0.5, 0.6) is 11.5 Å². The highest BCUT2D eigenvalue weighted by Gasteiger charge is 2.21. The highest BCUT2D eigenvalue weighted by atomic mass is 16.5. The first kappa shape index (κ1) is 12.7. The van der Waals surface area contributed by atoms with Crippen LogP contribution in [0.25, 0.3) is 11.1 Å². The molecular formula is C18H19NO2. The van der Waals surface area contributed by atoms with Crippen molar-refractivity contribution in [3.63, 3.8) is 0 Å². The smallest absolute Gasteiger partial charge is 0.127 e. The molecule has 1 unspecified atom stereocenters. The lowest BCUT2D eigenvalue weighted by Crippen LogP contribution is -2.05. The molecule has 0 saturated heterocycles. The van der Waals surface area contributed by atoms with Crippen molar-refractivity contribution >= 4 is 0 Å². The Balaban J connectivity index is 1.79. The maximum atomic E-state index is 5.88. The molecule has 0 aliphatic carbocycles. The molecule has 3 heteroatoms. The van der Waals surface area contributed by atoms with Gasteiger partial charge in [-0.3, -0.25) is 0 Å². The van der Waals surface area contributed by atoms with E-state index in [1.54, 1.807) is 0 Å². The van der Waals surface area contributed by atoms with Gasteiger partial charge in [0.15, 0.2) is 0 Å². The van der Waals surface area contributed by atoms with Gasteiger partial charge in [0, 0.05) is 24.9 Å². The minimum atomic E-state index is 0.281. The standard InChI is InChI=1S/C18H19NO2/c1-11-6-15-7-12(2-3-17(15)21-11)14-8-13-4-5-20-18(13)16(9-14)10-19/h2-3,7-9,11H,4-6,10,19H2,1H3. The Kier molecular flexibility index (Phi) is 2.89. The molecule has 2 N–H and O–H groups in total. The lowest BCUT2D eigenvalue weighted by molar-refractivity contribution is 0.254. The second kappa shape index (κ2) is 4.78. The van der Waals surface area contributed by atoms with Gasteiger partial charge < -0.3 is 15.2 Å². The molecule has 0 fully saturated rings. The number of rotatable bonds is 2. The van der Waals surface area contributed by atoms with Crippen LogP contribution in [0.4, 0.5) is 0 Å². The summed E-state index contributed by atoms with van der Waals surface area (Å²) >= 11 is 0. The second-order valence-electron chi connectivity index (χ2n) is 5.88. The second-order valence-corrected chi connectivity index (χ2v) is 5.88. The van der Waals surface area contributed by atoms with E-state index in [2.05, 4.69) is 37.3 Å². The third-order valence-electron chi connectivity index (χ3n) is 4.31. The van der Waals surface area contributed by atoms with Crippen molar-refractivity contribution in [3.8, 4) is 22.6 Å². The van der Waals surface area contributed by atoms with Crippen molar-refractivity contribution in [1.82, 2.24) is 0 Å². The van der Waals surface area contributed by atoms with Crippen molar-refractivity contribution in [2.45, 2.75) is 32.4 Å². The van der Waals surface area contributed by atoms with Gasteiger partial charge in [-0.05, 0) is 53.4 Å². The van der Waals surface area contributed by atoms with Crippen LogP contribution in [0, 0.1) is 0 Å². The molecular weight excluding hydrogens is 262 g/mol. The van der Waals surface area contributed by atoms with Crippen molar-refractivity contribution in [2.75, 3.05) is 6.61 Å². The molecule has 2 aliphatic rings. The molecule has 3 nitrogen and oxygen atoms in total.